The Balaban J connectivity index is 1.37. The van der Waals surface area contributed by atoms with Gasteiger partial charge in [0.1, 0.15) is 5.82 Å². The first-order valence-corrected chi connectivity index (χ1v) is 11.0. The topological polar surface area (TPSA) is 97.5 Å². The van der Waals surface area contributed by atoms with Gasteiger partial charge >= 0.3 is 0 Å². The summed E-state index contributed by atoms with van der Waals surface area (Å²) in [7, 11) is 0. The number of hydrogen-bond donors (Lipinski definition) is 1. The molecule has 1 fully saturated rings. The van der Waals surface area contributed by atoms with Crippen molar-refractivity contribution in [2.24, 2.45) is 16.8 Å². The van der Waals surface area contributed by atoms with E-state index in [1.54, 1.807) is 12.1 Å². The molecule has 2 aromatic rings. The van der Waals surface area contributed by atoms with Crippen molar-refractivity contribution >= 4 is 17.5 Å². The van der Waals surface area contributed by atoms with Gasteiger partial charge in [0.2, 0.25) is 12.7 Å². The summed E-state index contributed by atoms with van der Waals surface area (Å²) in [5.41, 5.74) is 7.81. The van der Waals surface area contributed by atoms with E-state index in [0.717, 1.165) is 16.8 Å². The third-order valence-electron chi connectivity index (χ3n) is 6.47. The zero-order valence-corrected chi connectivity index (χ0v) is 18.1. The van der Waals surface area contributed by atoms with Crippen molar-refractivity contribution in [3.05, 3.63) is 59.4 Å². The lowest BCUT2D eigenvalue weighted by Gasteiger charge is -2.31. The SMILES string of the molecule is NC(=O)C1CCN(CC(=O)N2N=C(c3ccc(F)cc3)C[C@@H]2c2ccc3c(c2)OCO3)CC1. The van der Waals surface area contributed by atoms with E-state index in [1.165, 1.54) is 17.1 Å². The van der Waals surface area contributed by atoms with Crippen LogP contribution < -0.4 is 15.2 Å². The van der Waals surface area contributed by atoms with Crippen LogP contribution in [0.3, 0.4) is 0 Å². The van der Waals surface area contributed by atoms with Gasteiger partial charge in [0.15, 0.2) is 11.5 Å². The minimum absolute atomic E-state index is 0.132. The van der Waals surface area contributed by atoms with Crippen molar-refractivity contribution in [3.8, 4) is 11.5 Å². The fraction of sp³-hybridized carbons (Fsp3) is 0.375. The molecule has 0 aromatic heterocycles. The van der Waals surface area contributed by atoms with Crippen LogP contribution in [0.2, 0.25) is 0 Å². The highest BCUT2D eigenvalue weighted by Gasteiger charge is 2.35. The molecule has 1 atom stereocenters. The van der Waals surface area contributed by atoms with Gasteiger partial charge in [-0.15, -0.1) is 0 Å². The smallest absolute Gasteiger partial charge is 0.257 e. The molecule has 1 saturated heterocycles. The molecule has 0 unspecified atom stereocenters. The third kappa shape index (κ3) is 4.41. The highest BCUT2D eigenvalue weighted by atomic mass is 19.1. The first-order valence-electron chi connectivity index (χ1n) is 11.0. The molecule has 2 N–H and O–H groups in total. The number of rotatable bonds is 5. The molecule has 2 aromatic carbocycles. The molecule has 3 heterocycles. The number of benzene rings is 2. The molecule has 5 rings (SSSR count). The molecule has 0 saturated carbocycles. The van der Waals surface area contributed by atoms with Crippen LogP contribution in [0.4, 0.5) is 4.39 Å². The van der Waals surface area contributed by atoms with Crippen LogP contribution in [0.5, 0.6) is 11.5 Å². The molecule has 2 amide bonds. The molecular weight excluding hydrogens is 427 g/mol. The molecule has 172 valence electrons. The second kappa shape index (κ2) is 8.82. The first kappa shape index (κ1) is 21.4. The normalized spacial score (nSPS) is 20.7. The Labute approximate surface area is 190 Å². The Kier molecular flexibility index (Phi) is 5.72. The summed E-state index contributed by atoms with van der Waals surface area (Å²) >= 11 is 0. The van der Waals surface area contributed by atoms with E-state index in [0.29, 0.717) is 43.9 Å². The molecule has 8 nitrogen and oxygen atoms in total. The summed E-state index contributed by atoms with van der Waals surface area (Å²) in [5.74, 6) is 0.448. The van der Waals surface area contributed by atoms with Crippen LogP contribution in [0, 0.1) is 11.7 Å². The fourth-order valence-electron chi connectivity index (χ4n) is 4.58. The number of ether oxygens (including phenoxy) is 2. The van der Waals surface area contributed by atoms with Gasteiger partial charge in [-0.25, -0.2) is 9.40 Å². The van der Waals surface area contributed by atoms with Crippen molar-refractivity contribution in [3.63, 3.8) is 0 Å². The molecule has 0 aliphatic carbocycles. The van der Waals surface area contributed by atoms with E-state index in [2.05, 4.69) is 5.10 Å². The van der Waals surface area contributed by atoms with Gasteiger partial charge < -0.3 is 15.2 Å². The predicted molar refractivity (Wildman–Crippen MR) is 118 cm³/mol. The third-order valence-corrected chi connectivity index (χ3v) is 6.47. The first-order chi connectivity index (χ1) is 16.0. The maximum absolute atomic E-state index is 13.4. The summed E-state index contributed by atoms with van der Waals surface area (Å²) < 4.78 is 24.4. The molecule has 3 aliphatic rings. The number of halogens is 1. The number of hydrazone groups is 1. The van der Waals surface area contributed by atoms with Crippen LogP contribution in [0.15, 0.2) is 47.6 Å². The molecule has 0 spiro atoms. The maximum Gasteiger partial charge on any atom is 0.257 e. The van der Waals surface area contributed by atoms with Gasteiger partial charge in [-0.2, -0.15) is 5.10 Å². The second-order valence-electron chi connectivity index (χ2n) is 8.58. The molecule has 0 bridgehead atoms. The van der Waals surface area contributed by atoms with E-state index >= 15 is 0 Å². The standard InChI is InChI=1S/C24H25FN4O4/c25-18-4-1-15(2-5-18)19-12-20(17-3-6-21-22(11-17)33-14-32-21)29(27-19)23(30)13-28-9-7-16(8-10-28)24(26)31/h1-6,11,16,20H,7-10,12-14H2,(H2,26,31)/t20-/m1/s1. The minimum Gasteiger partial charge on any atom is -0.454 e. The minimum atomic E-state index is -0.322. The van der Waals surface area contributed by atoms with Crippen LogP contribution in [0.1, 0.15) is 36.4 Å². The van der Waals surface area contributed by atoms with Crippen LogP contribution in [-0.2, 0) is 9.59 Å². The number of likely N-dealkylation sites (tertiary alicyclic amines) is 1. The molecule has 9 heteroatoms. The lowest BCUT2D eigenvalue weighted by molar-refractivity contribution is -0.134. The number of nitrogens with zero attached hydrogens (tertiary/aromatic N) is 3. The van der Waals surface area contributed by atoms with Crippen molar-refractivity contribution < 1.29 is 23.5 Å². The number of carbonyl (C=O) groups excluding carboxylic acids is 2. The van der Waals surface area contributed by atoms with Gasteiger partial charge in [-0.1, -0.05) is 18.2 Å². The number of piperidine rings is 1. The van der Waals surface area contributed by atoms with Gasteiger partial charge in [0.05, 0.1) is 18.3 Å². The maximum atomic E-state index is 13.4. The van der Waals surface area contributed by atoms with E-state index < -0.39 is 0 Å². The van der Waals surface area contributed by atoms with Crippen molar-refractivity contribution in [1.29, 1.82) is 0 Å². The Hall–Kier alpha value is -3.46. The zero-order chi connectivity index (χ0) is 22.9. The summed E-state index contributed by atoms with van der Waals surface area (Å²) in [6.45, 7) is 1.64. The second-order valence-corrected chi connectivity index (χ2v) is 8.58. The summed E-state index contributed by atoms with van der Waals surface area (Å²) in [6.07, 6.45) is 1.80. The fourth-order valence-corrected chi connectivity index (χ4v) is 4.58. The van der Waals surface area contributed by atoms with E-state index in [4.69, 9.17) is 15.2 Å². The zero-order valence-electron chi connectivity index (χ0n) is 18.1. The molecule has 0 radical (unpaired) electrons. The Morgan fingerprint density at radius 3 is 2.52 bits per heavy atom. The average Bonchev–Trinajstić information content (AvgIpc) is 3.47. The van der Waals surface area contributed by atoms with Crippen LogP contribution >= 0.6 is 0 Å². The van der Waals surface area contributed by atoms with Gasteiger partial charge in [-0.3, -0.25) is 14.5 Å². The lowest BCUT2D eigenvalue weighted by atomic mass is 9.96. The number of fused-ring (bicyclic) bond motifs is 1. The van der Waals surface area contributed by atoms with E-state index in [1.807, 2.05) is 23.1 Å². The molecule has 3 aliphatic heterocycles. The van der Waals surface area contributed by atoms with Crippen LogP contribution in [-0.4, -0.2) is 53.9 Å². The number of primary amides is 1. The monoisotopic (exact) mass is 452 g/mol. The number of amides is 2. The van der Waals surface area contributed by atoms with E-state index in [-0.39, 0.29) is 42.9 Å². The number of nitrogens with two attached hydrogens (primary N) is 1. The Bertz CT molecular complexity index is 1100. The van der Waals surface area contributed by atoms with Gasteiger partial charge in [0.25, 0.3) is 5.91 Å². The van der Waals surface area contributed by atoms with Gasteiger partial charge in [-0.05, 0) is 61.3 Å². The highest BCUT2D eigenvalue weighted by molar-refractivity contribution is 6.03. The molecular formula is C24H25FN4O4. The predicted octanol–water partition coefficient (Wildman–Crippen LogP) is 2.43. The summed E-state index contributed by atoms with van der Waals surface area (Å²) in [6, 6.07) is 11.5. The Morgan fingerprint density at radius 2 is 1.79 bits per heavy atom. The lowest BCUT2D eigenvalue weighted by Crippen LogP contribution is -2.44. The Morgan fingerprint density at radius 1 is 1.06 bits per heavy atom. The highest BCUT2D eigenvalue weighted by Crippen LogP contribution is 2.39. The largest absolute Gasteiger partial charge is 0.454 e. The van der Waals surface area contributed by atoms with Crippen LogP contribution in [0.25, 0.3) is 0 Å². The van der Waals surface area contributed by atoms with Crippen molar-refractivity contribution in [1.82, 2.24) is 9.91 Å². The summed E-state index contributed by atoms with van der Waals surface area (Å²) in [5, 5.41) is 6.18. The number of carbonyl (C=O) groups is 2. The molecule has 33 heavy (non-hydrogen) atoms. The number of hydrogen-bond acceptors (Lipinski definition) is 6. The van der Waals surface area contributed by atoms with Gasteiger partial charge in [0, 0.05) is 12.3 Å². The average molecular weight is 452 g/mol. The van der Waals surface area contributed by atoms with Crippen molar-refractivity contribution in [2.45, 2.75) is 25.3 Å². The summed E-state index contributed by atoms with van der Waals surface area (Å²) in [4.78, 5) is 26.8. The van der Waals surface area contributed by atoms with E-state index in [9.17, 15) is 14.0 Å². The van der Waals surface area contributed by atoms with Crippen molar-refractivity contribution in [2.75, 3.05) is 26.4 Å². The quantitative estimate of drug-likeness (QED) is 0.752.